The molecule has 0 saturated carbocycles. The predicted molar refractivity (Wildman–Crippen MR) is 122 cm³/mol. The van der Waals surface area contributed by atoms with E-state index in [0.717, 1.165) is 18.5 Å². The minimum atomic E-state index is -0.636. The lowest BCUT2D eigenvalue weighted by Gasteiger charge is -2.40. The van der Waals surface area contributed by atoms with E-state index in [4.69, 9.17) is 0 Å². The van der Waals surface area contributed by atoms with Gasteiger partial charge in [-0.3, -0.25) is 9.59 Å². The van der Waals surface area contributed by atoms with Crippen LogP contribution in [0.25, 0.3) is 0 Å². The molecule has 0 spiro atoms. The van der Waals surface area contributed by atoms with E-state index in [1.54, 1.807) is 6.08 Å². The number of carbonyl (C=O) groups excluding carboxylic acids is 3. The molecule has 1 heterocycles. The van der Waals surface area contributed by atoms with Crippen molar-refractivity contribution in [1.29, 1.82) is 0 Å². The Kier molecular flexibility index (Phi) is 6.81. The average Bonchev–Trinajstić information content (AvgIpc) is 2.76. The summed E-state index contributed by atoms with van der Waals surface area (Å²) in [6.07, 6.45) is 7.46. The van der Waals surface area contributed by atoms with Gasteiger partial charge in [0.25, 0.3) is 0 Å². The molecular formula is C25H31N3O3. The predicted octanol–water partition coefficient (Wildman–Crippen LogP) is 3.20. The molecular weight excluding hydrogens is 390 g/mol. The molecule has 0 radical (unpaired) electrons. The van der Waals surface area contributed by atoms with Crippen LogP contribution in [-0.4, -0.2) is 60.3 Å². The number of likely N-dealkylation sites (tertiary alicyclic amines) is 1. The molecule has 3 rings (SSSR count). The van der Waals surface area contributed by atoms with Crippen molar-refractivity contribution in [2.24, 2.45) is 5.41 Å². The highest BCUT2D eigenvalue weighted by atomic mass is 16.2. The first-order valence-electron chi connectivity index (χ1n) is 10.7. The van der Waals surface area contributed by atoms with Crippen LogP contribution in [0, 0.1) is 5.41 Å². The van der Waals surface area contributed by atoms with Crippen molar-refractivity contribution in [3.05, 3.63) is 59.8 Å². The molecule has 1 aromatic carbocycles. The summed E-state index contributed by atoms with van der Waals surface area (Å²) in [6, 6.07) is 9.03. The second-order valence-corrected chi connectivity index (χ2v) is 9.02. The maximum atomic E-state index is 13.1. The first-order valence-corrected chi connectivity index (χ1v) is 10.7. The molecule has 0 N–H and O–H groups in total. The Morgan fingerprint density at radius 3 is 2.55 bits per heavy atom. The number of carbonyl (C=O) groups is 2. The van der Waals surface area contributed by atoms with Gasteiger partial charge in [0.1, 0.15) is 12.5 Å². The third-order valence-corrected chi connectivity index (χ3v) is 6.03. The summed E-state index contributed by atoms with van der Waals surface area (Å²) in [7, 11) is 1.87. The Hall–Kier alpha value is -3.11. The van der Waals surface area contributed by atoms with Crippen molar-refractivity contribution in [3.63, 3.8) is 0 Å². The van der Waals surface area contributed by atoms with Crippen LogP contribution in [0.1, 0.15) is 33.6 Å². The van der Waals surface area contributed by atoms with Crippen molar-refractivity contribution in [2.75, 3.05) is 31.6 Å². The van der Waals surface area contributed by atoms with Gasteiger partial charge in [0.15, 0.2) is 0 Å². The third kappa shape index (κ3) is 5.15. The number of hydrogen-bond acceptors (Lipinski definition) is 4. The van der Waals surface area contributed by atoms with E-state index in [-0.39, 0.29) is 23.8 Å². The second-order valence-electron chi connectivity index (χ2n) is 9.02. The van der Waals surface area contributed by atoms with E-state index in [2.05, 4.69) is 13.8 Å². The van der Waals surface area contributed by atoms with Crippen LogP contribution in [0.2, 0.25) is 0 Å². The molecule has 1 unspecified atom stereocenters. The highest BCUT2D eigenvalue weighted by Crippen LogP contribution is 2.30. The first-order chi connectivity index (χ1) is 14.7. The molecule has 0 bridgehead atoms. The van der Waals surface area contributed by atoms with Gasteiger partial charge < -0.3 is 14.7 Å². The number of likely N-dealkylation sites (N-methyl/N-ethyl adjacent to an activating group) is 1. The van der Waals surface area contributed by atoms with E-state index in [9.17, 15) is 14.4 Å². The minimum absolute atomic E-state index is 0.0616. The number of rotatable bonds is 5. The Morgan fingerprint density at radius 1 is 1.23 bits per heavy atom. The van der Waals surface area contributed by atoms with Crippen molar-refractivity contribution < 1.29 is 14.4 Å². The van der Waals surface area contributed by atoms with Gasteiger partial charge in [-0.15, -0.1) is 0 Å². The molecule has 1 atom stereocenters. The van der Waals surface area contributed by atoms with Crippen LogP contribution in [-0.2, 0) is 14.4 Å². The molecule has 2 amide bonds. The summed E-state index contributed by atoms with van der Waals surface area (Å²) in [5, 5.41) is 0. The molecule has 1 aliphatic carbocycles. The number of nitrogens with zero attached hydrogens (tertiary/aromatic N) is 3. The number of anilines is 1. The monoisotopic (exact) mass is 421 g/mol. The van der Waals surface area contributed by atoms with Gasteiger partial charge in [0.05, 0.1) is 17.3 Å². The largest absolute Gasteiger partial charge is 0.344 e. The average molecular weight is 422 g/mol. The Labute approximate surface area is 184 Å². The lowest BCUT2D eigenvalue weighted by Crippen LogP contribution is -2.51. The Bertz CT molecular complexity index is 942. The van der Waals surface area contributed by atoms with Crippen molar-refractivity contribution in [1.82, 2.24) is 9.80 Å². The summed E-state index contributed by atoms with van der Waals surface area (Å²) >= 11 is 0. The van der Waals surface area contributed by atoms with Gasteiger partial charge in [0.2, 0.25) is 11.8 Å². The van der Waals surface area contributed by atoms with Gasteiger partial charge in [-0.05, 0) is 36.5 Å². The molecule has 31 heavy (non-hydrogen) atoms. The number of allylic oxidation sites excluding steroid dienone is 2. The summed E-state index contributed by atoms with van der Waals surface area (Å²) in [5.74, 6) is 1.70. The van der Waals surface area contributed by atoms with E-state index in [0.29, 0.717) is 24.4 Å². The highest BCUT2D eigenvalue weighted by molar-refractivity contribution is 5.86. The maximum Gasteiger partial charge on any atom is 0.242 e. The van der Waals surface area contributed by atoms with Crippen LogP contribution in [0.3, 0.4) is 0 Å². The fraction of sp³-hybridized carbons (Fsp3) is 0.440. The van der Waals surface area contributed by atoms with Crippen molar-refractivity contribution in [2.45, 2.75) is 39.7 Å². The van der Waals surface area contributed by atoms with E-state index in [1.807, 2.05) is 65.3 Å². The number of benzene rings is 1. The fourth-order valence-electron chi connectivity index (χ4n) is 4.33. The topological polar surface area (TPSA) is 60.9 Å². The van der Waals surface area contributed by atoms with E-state index in [1.165, 1.54) is 11.8 Å². The lowest BCUT2D eigenvalue weighted by atomic mass is 9.84. The van der Waals surface area contributed by atoms with Crippen molar-refractivity contribution >= 4 is 23.4 Å². The molecule has 2 aliphatic rings. The van der Waals surface area contributed by atoms with Gasteiger partial charge in [-0.1, -0.05) is 44.2 Å². The number of piperidine rings is 1. The third-order valence-electron chi connectivity index (χ3n) is 6.03. The van der Waals surface area contributed by atoms with Gasteiger partial charge in [-0.25, -0.2) is 4.79 Å². The van der Waals surface area contributed by atoms with E-state index >= 15 is 0 Å². The minimum Gasteiger partial charge on any atom is -0.344 e. The van der Waals surface area contributed by atoms with Gasteiger partial charge in [-0.2, -0.15) is 0 Å². The standard InChI is InChI=1S/C25H31N3O3/c1-19(30)28(16-24(31)27-15-9-14-25(2,3)18-27)23-13-8-12-22(21(23)17-29)26(4)20-10-6-5-7-11-20/h5-8,10-13,23H,9,14-16,18H2,1-4H3. The summed E-state index contributed by atoms with van der Waals surface area (Å²) in [4.78, 5) is 42.8. The van der Waals surface area contributed by atoms with Crippen LogP contribution in [0.15, 0.2) is 59.8 Å². The Morgan fingerprint density at radius 2 is 1.94 bits per heavy atom. The molecule has 6 nitrogen and oxygen atoms in total. The maximum absolute atomic E-state index is 13.1. The quantitative estimate of drug-likeness (QED) is 0.685. The number of para-hydroxylation sites is 1. The van der Waals surface area contributed by atoms with Crippen LogP contribution in [0.4, 0.5) is 5.69 Å². The highest BCUT2D eigenvalue weighted by Gasteiger charge is 2.34. The van der Waals surface area contributed by atoms with E-state index < -0.39 is 6.04 Å². The molecule has 6 heteroatoms. The number of hydrogen-bond donors (Lipinski definition) is 0. The van der Waals surface area contributed by atoms with Gasteiger partial charge >= 0.3 is 0 Å². The molecule has 1 saturated heterocycles. The Balaban J connectivity index is 1.82. The smallest absolute Gasteiger partial charge is 0.242 e. The van der Waals surface area contributed by atoms with Crippen LogP contribution in [0.5, 0.6) is 0 Å². The SMILES string of the molecule is CC(=O)N(CC(=O)N1CCCC(C)(C)C1)C1C=CC=C(N(C)c2ccccc2)C1=C=O. The summed E-state index contributed by atoms with van der Waals surface area (Å²) in [5.41, 5.74) is 1.99. The van der Waals surface area contributed by atoms with Gasteiger partial charge in [0, 0.05) is 32.7 Å². The van der Waals surface area contributed by atoms with Crippen LogP contribution < -0.4 is 4.90 Å². The normalized spacial score (nSPS) is 20.0. The zero-order valence-electron chi connectivity index (χ0n) is 18.8. The van der Waals surface area contributed by atoms with Crippen LogP contribution >= 0.6 is 0 Å². The fourth-order valence-corrected chi connectivity index (χ4v) is 4.33. The zero-order chi connectivity index (χ0) is 22.6. The van der Waals surface area contributed by atoms with Crippen molar-refractivity contribution in [3.8, 4) is 0 Å². The molecule has 1 fully saturated rings. The lowest BCUT2D eigenvalue weighted by molar-refractivity contribution is -0.142. The molecule has 164 valence electrons. The first kappa shape index (κ1) is 22.6. The zero-order valence-corrected chi connectivity index (χ0v) is 18.8. The summed E-state index contributed by atoms with van der Waals surface area (Å²) in [6.45, 7) is 7.06. The molecule has 1 aliphatic heterocycles. The summed E-state index contributed by atoms with van der Waals surface area (Å²) < 4.78 is 0. The second kappa shape index (κ2) is 9.36. The number of amides is 2. The molecule has 0 aromatic heterocycles. The molecule has 1 aromatic rings.